The van der Waals surface area contributed by atoms with Crippen LogP contribution in [0.15, 0.2) is 49.1 Å². The van der Waals surface area contributed by atoms with Gasteiger partial charge in [0.2, 0.25) is 0 Å². The van der Waals surface area contributed by atoms with Crippen molar-refractivity contribution < 1.29 is 0 Å². The lowest BCUT2D eigenvalue weighted by Gasteiger charge is -1.96. The molecule has 0 atom stereocenters. The summed E-state index contributed by atoms with van der Waals surface area (Å²) in [6.45, 7) is 5.54. The van der Waals surface area contributed by atoms with E-state index in [1.807, 2.05) is 12.1 Å². The highest BCUT2D eigenvalue weighted by Gasteiger charge is 1.83. The Morgan fingerprint density at radius 1 is 1.21 bits per heavy atom. The number of hydrogen-bond donors (Lipinski definition) is 1. The van der Waals surface area contributed by atoms with Gasteiger partial charge in [0, 0.05) is 6.54 Å². The van der Waals surface area contributed by atoms with Gasteiger partial charge in [-0.1, -0.05) is 48.6 Å². The SMILES string of the molecule is C=CCNCCC=Cc1ccccc1. The van der Waals surface area contributed by atoms with Crippen molar-refractivity contribution in [1.82, 2.24) is 5.32 Å². The Morgan fingerprint density at radius 2 is 2.00 bits per heavy atom. The van der Waals surface area contributed by atoms with Crippen molar-refractivity contribution in [1.29, 1.82) is 0 Å². The quantitative estimate of drug-likeness (QED) is 0.533. The van der Waals surface area contributed by atoms with Crippen molar-refractivity contribution in [2.75, 3.05) is 13.1 Å². The first-order valence-electron chi connectivity index (χ1n) is 4.96. The molecule has 1 N–H and O–H groups in total. The van der Waals surface area contributed by atoms with Crippen molar-refractivity contribution in [3.8, 4) is 0 Å². The van der Waals surface area contributed by atoms with Gasteiger partial charge in [0.25, 0.3) is 0 Å². The van der Waals surface area contributed by atoms with E-state index in [1.54, 1.807) is 0 Å². The van der Waals surface area contributed by atoms with Gasteiger partial charge in [-0.2, -0.15) is 0 Å². The van der Waals surface area contributed by atoms with Crippen molar-refractivity contribution in [3.05, 3.63) is 54.6 Å². The van der Waals surface area contributed by atoms with Gasteiger partial charge in [0.15, 0.2) is 0 Å². The van der Waals surface area contributed by atoms with Crippen LogP contribution < -0.4 is 5.32 Å². The Balaban J connectivity index is 2.18. The summed E-state index contributed by atoms with van der Waals surface area (Å²) in [5.74, 6) is 0. The largest absolute Gasteiger partial charge is 0.313 e. The Labute approximate surface area is 86.2 Å². The molecule has 0 saturated heterocycles. The third-order valence-corrected chi connectivity index (χ3v) is 1.89. The standard InChI is InChI=1S/C13H17N/c1-2-11-14-12-7-6-10-13-8-4-3-5-9-13/h2-6,8-10,14H,1,7,11-12H2. The topological polar surface area (TPSA) is 12.0 Å². The molecule has 1 nitrogen and oxygen atoms in total. The molecular formula is C13H17N. The molecule has 0 aromatic heterocycles. The summed E-state index contributed by atoms with van der Waals surface area (Å²) in [7, 11) is 0. The second-order valence-corrected chi connectivity index (χ2v) is 3.09. The average Bonchev–Trinajstić information content (AvgIpc) is 2.25. The van der Waals surface area contributed by atoms with E-state index in [9.17, 15) is 0 Å². The lowest BCUT2D eigenvalue weighted by molar-refractivity contribution is 0.758. The van der Waals surface area contributed by atoms with Gasteiger partial charge >= 0.3 is 0 Å². The van der Waals surface area contributed by atoms with E-state index < -0.39 is 0 Å². The van der Waals surface area contributed by atoms with Crippen molar-refractivity contribution in [3.63, 3.8) is 0 Å². The van der Waals surface area contributed by atoms with Crippen LogP contribution in [0.25, 0.3) is 6.08 Å². The van der Waals surface area contributed by atoms with Crippen LogP contribution in [0.1, 0.15) is 12.0 Å². The minimum atomic E-state index is 0.888. The Kier molecular flexibility index (Phi) is 5.45. The second kappa shape index (κ2) is 7.10. The summed E-state index contributed by atoms with van der Waals surface area (Å²) < 4.78 is 0. The van der Waals surface area contributed by atoms with E-state index in [2.05, 4.69) is 48.3 Å². The highest BCUT2D eigenvalue weighted by Crippen LogP contribution is 2.01. The third kappa shape index (κ3) is 4.63. The summed E-state index contributed by atoms with van der Waals surface area (Å²) in [5.41, 5.74) is 1.26. The lowest BCUT2D eigenvalue weighted by Crippen LogP contribution is -2.13. The number of nitrogens with one attached hydrogen (secondary N) is 1. The molecule has 0 heterocycles. The molecule has 74 valence electrons. The summed E-state index contributed by atoms with van der Waals surface area (Å²) in [4.78, 5) is 0. The van der Waals surface area contributed by atoms with Gasteiger partial charge in [0.1, 0.15) is 0 Å². The predicted molar refractivity (Wildman–Crippen MR) is 63.2 cm³/mol. The molecule has 0 bridgehead atoms. The van der Waals surface area contributed by atoms with Crippen molar-refractivity contribution in [2.45, 2.75) is 6.42 Å². The fourth-order valence-electron chi connectivity index (χ4n) is 1.17. The van der Waals surface area contributed by atoms with Crippen molar-refractivity contribution in [2.24, 2.45) is 0 Å². The fourth-order valence-corrected chi connectivity index (χ4v) is 1.17. The number of rotatable bonds is 6. The third-order valence-electron chi connectivity index (χ3n) is 1.89. The smallest absolute Gasteiger partial charge is 0.0132 e. The molecule has 0 aliphatic heterocycles. The highest BCUT2D eigenvalue weighted by atomic mass is 14.8. The predicted octanol–water partition coefficient (Wildman–Crippen LogP) is 2.87. The molecule has 1 aromatic carbocycles. The number of benzene rings is 1. The van der Waals surface area contributed by atoms with Crippen LogP contribution in [0, 0.1) is 0 Å². The molecule has 0 amide bonds. The minimum absolute atomic E-state index is 0.888. The average molecular weight is 187 g/mol. The maximum absolute atomic E-state index is 3.65. The monoisotopic (exact) mass is 187 g/mol. The van der Waals surface area contributed by atoms with E-state index in [4.69, 9.17) is 0 Å². The molecule has 1 aromatic rings. The van der Waals surface area contributed by atoms with Crippen LogP contribution in [0.2, 0.25) is 0 Å². The molecule has 0 fully saturated rings. The van der Waals surface area contributed by atoms with Crippen LogP contribution in [-0.2, 0) is 0 Å². The fraction of sp³-hybridized carbons (Fsp3) is 0.231. The Bertz CT molecular complexity index is 275. The van der Waals surface area contributed by atoms with Gasteiger partial charge in [0.05, 0.1) is 0 Å². The van der Waals surface area contributed by atoms with E-state index in [0.717, 1.165) is 19.5 Å². The molecular weight excluding hydrogens is 170 g/mol. The molecule has 1 rings (SSSR count). The van der Waals surface area contributed by atoms with Crippen molar-refractivity contribution >= 4 is 6.08 Å². The zero-order chi connectivity index (χ0) is 10.1. The second-order valence-electron chi connectivity index (χ2n) is 3.09. The Hall–Kier alpha value is -1.34. The van der Waals surface area contributed by atoms with Crippen LogP contribution in [0.4, 0.5) is 0 Å². The summed E-state index contributed by atoms with van der Waals surface area (Å²) in [6.07, 6.45) is 7.27. The molecule has 0 saturated carbocycles. The van der Waals surface area contributed by atoms with Gasteiger partial charge in [-0.3, -0.25) is 0 Å². The highest BCUT2D eigenvalue weighted by molar-refractivity contribution is 5.48. The van der Waals surface area contributed by atoms with Crippen LogP contribution >= 0.6 is 0 Å². The van der Waals surface area contributed by atoms with Crippen LogP contribution in [-0.4, -0.2) is 13.1 Å². The first-order chi connectivity index (χ1) is 6.93. The van der Waals surface area contributed by atoms with Gasteiger partial charge in [-0.25, -0.2) is 0 Å². The Morgan fingerprint density at radius 3 is 2.71 bits per heavy atom. The first-order valence-corrected chi connectivity index (χ1v) is 4.96. The first kappa shape index (κ1) is 10.7. The zero-order valence-electron chi connectivity index (χ0n) is 8.45. The molecule has 14 heavy (non-hydrogen) atoms. The molecule has 0 radical (unpaired) electrons. The van der Waals surface area contributed by atoms with E-state index in [0.29, 0.717) is 0 Å². The maximum Gasteiger partial charge on any atom is 0.0132 e. The maximum atomic E-state index is 3.65. The zero-order valence-corrected chi connectivity index (χ0v) is 8.45. The van der Waals surface area contributed by atoms with E-state index in [-0.39, 0.29) is 0 Å². The minimum Gasteiger partial charge on any atom is -0.313 e. The lowest BCUT2D eigenvalue weighted by atomic mass is 10.2. The van der Waals surface area contributed by atoms with E-state index in [1.165, 1.54) is 5.56 Å². The molecule has 1 heteroatoms. The molecule has 0 spiro atoms. The summed E-state index contributed by atoms with van der Waals surface area (Å²) >= 11 is 0. The van der Waals surface area contributed by atoms with Crippen LogP contribution in [0.3, 0.4) is 0 Å². The van der Waals surface area contributed by atoms with Gasteiger partial charge < -0.3 is 5.32 Å². The van der Waals surface area contributed by atoms with Gasteiger partial charge in [-0.15, -0.1) is 6.58 Å². The summed E-state index contributed by atoms with van der Waals surface area (Å²) in [6, 6.07) is 10.3. The van der Waals surface area contributed by atoms with E-state index >= 15 is 0 Å². The molecule has 0 aliphatic rings. The normalized spacial score (nSPS) is 10.6. The van der Waals surface area contributed by atoms with Gasteiger partial charge in [-0.05, 0) is 18.5 Å². The van der Waals surface area contributed by atoms with Crippen LogP contribution in [0.5, 0.6) is 0 Å². The number of hydrogen-bond acceptors (Lipinski definition) is 1. The molecule has 0 unspecified atom stereocenters. The molecule has 0 aliphatic carbocycles. The summed E-state index contributed by atoms with van der Waals surface area (Å²) in [5, 5.41) is 3.25.